The third kappa shape index (κ3) is 3.68. The van der Waals surface area contributed by atoms with Crippen molar-refractivity contribution in [1.29, 1.82) is 0 Å². The van der Waals surface area contributed by atoms with Gasteiger partial charge in [0.15, 0.2) is 11.6 Å². The second-order valence-corrected chi connectivity index (χ2v) is 11.0. The number of anilines is 1. The maximum atomic E-state index is 14.9. The topological polar surface area (TPSA) is 75.7 Å². The zero-order chi connectivity index (χ0) is 28.8. The van der Waals surface area contributed by atoms with Gasteiger partial charge in [-0.15, -0.1) is 0 Å². The number of ether oxygens (including phenoxy) is 1. The maximum absolute atomic E-state index is 14.9. The fourth-order valence-electron chi connectivity index (χ4n) is 7.12. The predicted molar refractivity (Wildman–Crippen MR) is 161 cm³/mol. The molecule has 6 heteroatoms. The highest BCUT2D eigenvalue weighted by atomic mass is 16.5. The monoisotopic (exact) mass is 554 g/mol. The van der Waals surface area contributed by atoms with E-state index in [-0.39, 0.29) is 17.5 Å². The van der Waals surface area contributed by atoms with Crippen LogP contribution in [0, 0.1) is 5.92 Å². The van der Waals surface area contributed by atoms with E-state index in [1.165, 1.54) is 0 Å². The van der Waals surface area contributed by atoms with Crippen molar-refractivity contribution in [1.82, 2.24) is 4.90 Å². The fraction of sp³-hybridized carbons (Fsp3) is 0.194. The van der Waals surface area contributed by atoms with E-state index in [2.05, 4.69) is 5.32 Å². The highest BCUT2D eigenvalue weighted by Crippen LogP contribution is 2.62. The summed E-state index contributed by atoms with van der Waals surface area (Å²) < 4.78 is 6.01. The summed E-state index contributed by atoms with van der Waals surface area (Å²) in [5, 5.41) is 3.09. The van der Waals surface area contributed by atoms with Crippen molar-refractivity contribution in [2.24, 2.45) is 5.92 Å². The van der Waals surface area contributed by atoms with Crippen molar-refractivity contribution in [3.63, 3.8) is 0 Å². The molecule has 4 aromatic carbocycles. The summed E-state index contributed by atoms with van der Waals surface area (Å²) in [5.74, 6) is -1.31. The molecule has 0 unspecified atom stereocenters. The molecule has 0 radical (unpaired) electrons. The molecule has 4 aromatic rings. The van der Waals surface area contributed by atoms with Crippen LogP contribution in [0.5, 0.6) is 5.75 Å². The second-order valence-electron chi connectivity index (χ2n) is 11.0. The summed E-state index contributed by atoms with van der Waals surface area (Å²) in [6, 6.07) is 30.1. The number of amides is 1. The van der Waals surface area contributed by atoms with Crippen LogP contribution in [0.1, 0.15) is 56.8 Å². The van der Waals surface area contributed by atoms with Crippen LogP contribution in [0.4, 0.5) is 5.69 Å². The second kappa shape index (κ2) is 10.1. The lowest BCUT2D eigenvalue weighted by Crippen LogP contribution is -2.49. The zero-order valence-corrected chi connectivity index (χ0v) is 23.2. The van der Waals surface area contributed by atoms with Gasteiger partial charge in [-0.25, -0.2) is 0 Å². The Morgan fingerprint density at radius 2 is 1.57 bits per heavy atom. The third-order valence-corrected chi connectivity index (χ3v) is 8.79. The first-order valence-electron chi connectivity index (χ1n) is 14.4. The van der Waals surface area contributed by atoms with E-state index in [9.17, 15) is 14.4 Å². The first-order chi connectivity index (χ1) is 20.6. The molecule has 3 aliphatic rings. The largest absolute Gasteiger partial charge is 0.493 e. The molecule has 1 spiro atoms. The molecule has 3 aliphatic heterocycles. The molecule has 3 heterocycles. The molecule has 42 heavy (non-hydrogen) atoms. The molecule has 208 valence electrons. The summed E-state index contributed by atoms with van der Waals surface area (Å²) in [6.45, 7) is 2.47. The van der Waals surface area contributed by atoms with E-state index in [0.717, 1.165) is 23.1 Å². The van der Waals surface area contributed by atoms with Crippen molar-refractivity contribution in [3.8, 4) is 5.75 Å². The van der Waals surface area contributed by atoms with Crippen molar-refractivity contribution >= 4 is 29.2 Å². The number of fused-ring (bicyclic) bond motifs is 6. The molecule has 0 aromatic heterocycles. The Bertz CT molecular complexity index is 1750. The van der Waals surface area contributed by atoms with E-state index in [0.29, 0.717) is 29.2 Å². The van der Waals surface area contributed by atoms with Gasteiger partial charge in [-0.05, 0) is 47.4 Å². The van der Waals surface area contributed by atoms with Crippen LogP contribution < -0.4 is 10.1 Å². The quantitative estimate of drug-likeness (QED) is 0.266. The Hall–Kier alpha value is -4.97. The van der Waals surface area contributed by atoms with Gasteiger partial charge in [0, 0.05) is 17.5 Å². The standard InChI is InChI=1S/C36H30N2O4/c1-2-22-42-29-19-11-8-16-26(29)33(40)31-30(32(39)24-13-4-3-5-14-24)36(27-17-9-10-18-28(27)37-35(36)41)34-25-15-7-6-12-23(25)20-21-38(31)34/h3-21,30-31,34H,2,22H2,1H3,(H,37,41)/t30-,31-,34-,36+/m1/s1. The Morgan fingerprint density at radius 1 is 0.857 bits per heavy atom. The summed E-state index contributed by atoms with van der Waals surface area (Å²) in [7, 11) is 0. The number of hydrogen-bond donors (Lipinski definition) is 1. The van der Waals surface area contributed by atoms with E-state index >= 15 is 0 Å². The van der Waals surface area contributed by atoms with E-state index in [1.54, 1.807) is 30.3 Å². The van der Waals surface area contributed by atoms with E-state index < -0.39 is 23.4 Å². The van der Waals surface area contributed by atoms with E-state index in [4.69, 9.17) is 4.74 Å². The predicted octanol–water partition coefficient (Wildman–Crippen LogP) is 6.46. The van der Waals surface area contributed by atoms with Crippen molar-refractivity contribution < 1.29 is 19.1 Å². The van der Waals surface area contributed by atoms with Crippen molar-refractivity contribution in [2.45, 2.75) is 30.8 Å². The molecule has 1 N–H and O–H groups in total. The third-order valence-electron chi connectivity index (χ3n) is 8.79. The Morgan fingerprint density at radius 3 is 2.40 bits per heavy atom. The molecule has 1 fully saturated rings. The van der Waals surface area contributed by atoms with Crippen LogP contribution in [-0.4, -0.2) is 35.0 Å². The molecule has 6 nitrogen and oxygen atoms in total. The highest BCUT2D eigenvalue weighted by molar-refractivity contribution is 6.17. The molecule has 1 amide bonds. The average Bonchev–Trinajstić information content (AvgIpc) is 3.52. The normalized spacial score (nSPS) is 23.2. The number of Topliss-reactive ketones (excluding diaryl/α,β-unsaturated/α-hetero) is 2. The highest BCUT2D eigenvalue weighted by Gasteiger charge is 2.70. The lowest BCUT2D eigenvalue weighted by Gasteiger charge is -2.38. The lowest BCUT2D eigenvalue weighted by molar-refractivity contribution is -0.122. The molecule has 7 rings (SSSR count). The number of para-hydroxylation sites is 2. The van der Waals surface area contributed by atoms with Gasteiger partial charge in [-0.1, -0.05) is 91.9 Å². The van der Waals surface area contributed by atoms with Crippen molar-refractivity contribution in [3.05, 3.63) is 137 Å². The van der Waals surface area contributed by atoms with Crippen LogP contribution in [0.3, 0.4) is 0 Å². The first-order valence-corrected chi connectivity index (χ1v) is 14.4. The van der Waals surface area contributed by atoms with Gasteiger partial charge < -0.3 is 15.0 Å². The first kappa shape index (κ1) is 26.0. The molecular formula is C36H30N2O4. The average molecular weight is 555 g/mol. The molecular weight excluding hydrogens is 524 g/mol. The minimum atomic E-state index is -1.36. The molecule has 1 saturated heterocycles. The Kier molecular flexibility index (Phi) is 6.27. The summed E-state index contributed by atoms with van der Waals surface area (Å²) in [5.41, 5.74) is 2.77. The zero-order valence-electron chi connectivity index (χ0n) is 23.2. The number of nitrogens with zero attached hydrogens (tertiary/aromatic N) is 1. The van der Waals surface area contributed by atoms with Crippen LogP contribution in [0.25, 0.3) is 6.08 Å². The van der Waals surface area contributed by atoms with Gasteiger partial charge in [-0.2, -0.15) is 0 Å². The number of carbonyl (C=O) groups is 3. The minimum absolute atomic E-state index is 0.243. The van der Waals surface area contributed by atoms with Gasteiger partial charge in [0.05, 0.1) is 24.1 Å². The Balaban J connectivity index is 1.52. The van der Waals surface area contributed by atoms with Gasteiger partial charge >= 0.3 is 0 Å². The molecule has 0 aliphatic carbocycles. The summed E-state index contributed by atoms with van der Waals surface area (Å²) in [6.07, 6.45) is 4.64. The minimum Gasteiger partial charge on any atom is -0.493 e. The van der Waals surface area contributed by atoms with Gasteiger partial charge in [0.25, 0.3) is 0 Å². The number of nitrogens with one attached hydrogen (secondary N) is 1. The number of rotatable bonds is 7. The number of carbonyl (C=O) groups excluding carboxylic acids is 3. The maximum Gasteiger partial charge on any atom is 0.238 e. The fourth-order valence-corrected chi connectivity index (χ4v) is 7.12. The van der Waals surface area contributed by atoms with Crippen LogP contribution in [0.2, 0.25) is 0 Å². The number of benzene rings is 4. The van der Waals surface area contributed by atoms with Gasteiger partial charge in [0.2, 0.25) is 5.91 Å². The SMILES string of the molecule is CCCOc1ccccc1C(=O)[C@H]1[C@H](C(=O)c2ccccc2)[C@]2(C(=O)Nc3ccccc32)[C@H]2c3ccccc3C=CN12. The molecule has 0 bridgehead atoms. The van der Waals surface area contributed by atoms with Crippen LogP contribution in [-0.2, 0) is 10.2 Å². The summed E-state index contributed by atoms with van der Waals surface area (Å²) in [4.78, 5) is 46.2. The smallest absolute Gasteiger partial charge is 0.238 e. The number of hydrogen-bond acceptors (Lipinski definition) is 5. The van der Waals surface area contributed by atoms with Crippen LogP contribution >= 0.6 is 0 Å². The lowest BCUT2D eigenvalue weighted by atomic mass is 9.62. The molecule has 4 atom stereocenters. The number of ketones is 2. The Labute approximate surface area is 244 Å². The van der Waals surface area contributed by atoms with Gasteiger partial charge in [-0.3, -0.25) is 14.4 Å². The van der Waals surface area contributed by atoms with Gasteiger partial charge in [0.1, 0.15) is 17.2 Å². The van der Waals surface area contributed by atoms with Crippen molar-refractivity contribution in [2.75, 3.05) is 11.9 Å². The van der Waals surface area contributed by atoms with E-state index in [1.807, 2.05) is 96.9 Å². The summed E-state index contributed by atoms with van der Waals surface area (Å²) >= 11 is 0. The molecule has 0 saturated carbocycles. The van der Waals surface area contributed by atoms with Crippen LogP contribution in [0.15, 0.2) is 109 Å².